The lowest BCUT2D eigenvalue weighted by atomic mass is 9.80. The van der Waals surface area contributed by atoms with Crippen molar-refractivity contribution in [3.8, 4) is 28.7 Å². The van der Waals surface area contributed by atoms with Crippen molar-refractivity contribution in [2.45, 2.75) is 90.8 Å². The van der Waals surface area contributed by atoms with E-state index in [1.165, 1.54) is 16.7 Å². The van der Waals surface area contributed by atoms with E-state index in [0.717, 1.165) is 92.7 Å². The van der Waals surface area contributed by atoms with Crippen molar-refractivity contribution >= 4 is 5.91 Å². The number of benzene rings is 2. The number of nitriles is 1. The molecule has 3 aliphatic rings. The Balaban J connectivity index is 1.08. The molecule has 2 aromatic carbocycles. The van der Waals surface area contributed by atoms with Gasteiger partial charge in [-0.05, 0) is 132 Å². The molecule has 0 spiro atoms. The van der Waals surface area contributed by atoms with Crippen LogP contribution in [0.1, 0.15) is 80.3 Å². The van der Waals surface area contributed by atoms with Crippen molar-refractivity contribution in [2.24, 2.45) is 13.0 Å². The van der Waals surface area contributed by atoms with E-state index in [1.807, 2.05) is 43.2 Å². The molecule has 6 rings (SSSR count). The fourth-order valence-corrected chi connectivity index (χ4v) is 8.68. The summed E-state index contributed by atoms with van der Waals surface area (Å²) in [6, 6.07) is 14.8. The minimum absolute atomic E-state index is 0.0219. The Morgan fingerprint density at radius 2 is 1.70 bits per heavy atom. The van der Waals surface area contributed by atoms with E-state index in [2.05, 4.69) is 68.0 Å². The third kappa shape index (κ3) is 8.10. The minimum Gasteiger partial charge on any atom is -0.493 e. The summed E-state index contributed by atoms with van der Waals surface area (Å²) in [5, 5.41) is 10.1. The molecule has 2 fully saturated rings. The van der Waals surface area contributed by atoms with Gasteiger partial charge in [0.1, 0.15) is 11.6 Å². The number of hydrogen-bond donors (Lipinski definition) is 0. The molecule has 3 aromatic rings. The van der Waals surface area contributed by atoms with Crippen LogP contribution in [0.3, 0.4) is 0 Å². The third-order valence-corrected chi connectivity index (χ3v) is 12.3. The van der Waals surface area contributed by atoms with Crippen LogP contribution in [0, 0.1) is 31.1 Å². The van der Waals surface area contributed by atoms with Gasteiger partial charge in [-0.1, -0.05) is 24.3 Å². The van der Waals surface area contributed by atoms with Crippen LogP contribution in [0.2, 0.25) is 0 Å². The lowest BCUT2D eigenvalue weighted by Gasteiger charge is -2.42. The summed E-state index contributed by atoms with van der Waals surface area (Å²) in [6.45, 7) is 14.6. The highest BCUT2D eigenvalue weighted by atomic mass is 16.5. The van der Waals surface area contributed by atoms with Crippen LogP contribution in [0.15, 0.2) is 59.0 Å². The normalized spacial score (nSPS) is 21.5. The van der Waals surface area contributed by atoms with E-state index in [-0.39, 0.29) is 34.7 Å². The summed E-state index contributed by atoms with van der Waals surface area (Å²) in [4.78, 5) is 32.9. The second kappa shape index (κ2) is 15.9. The van der Waals surface area contributed by atoms with Crippen LogP contribution in [-0.2, 0) is 24.7 Å². The number of fused-ring (bicyclic) bond motifs is 1. The molecular formula is C44H57N5O4. The van der Waals surface area contributed by atoms with Crippen molar-refractivity contribution in [1.82, 2.24) is 19.3 Å². The standard InChI is InChI=1S/C44H57N5O4/c1-29-30(2)42(50)47(7)28-39(29)34-14-17-40(41(25-34)52-8)53-36-15-12-32(13-16-36)24-33-10-9-11-37-31(3)49(19-18-38(33)37)43(51)35(27-45)26-44(4,5)48-22-20-46(6)21-23-48/h9-11,14,17,25-26,28,31-32,36H,12-13,15-16,18-24H2,1-8H3/b35-26+. The first-order valence-electron chi connectivity index (χ1n) is 19.3. The Labute approximate surface area is 315 Å². The maximum Gasteiger partial charge on any atom is 0.264 e. The zero-order chi connectivity index (χ0) is 38.0. The summed E-state index contributed by atoms with van der Waals surface area (Å²) in [5.41, 5.74) is 7.58. The Hall–Kier alpha value is -4.39. The Bertz CT molecular complexity index is 1960. The number of carbonyl (C=O) groups excluding carboxylic acids is 1. The van der Waals surface area contributed by atoms with Gasteiger partial charge in [0.2, 0.25) is 0 Å². The highest BCUT2D eigenvalue weighted by molar-refractivity contribution is 5.98. The fourth-order valence-electron chi connectivity index (χ4n) is 8.68. The Morgan fingerprint density at radius 1 is 0.981 bits per heavy atom. The summed E-state index contributed by atoms with van der Waals surface area (Å²) >= 11 is 0. The number of aryl methyl sites for hydroxylation is 1. The SMILES string of the molecule is COc1cc(-c2cn(C)c(=O)c(C)c2C)ccc1OC1CCC(Cc2cccc3c2CCN(C(=O)/C(C#N)=C/C(C)(C)N2CCN(C)CC2)C3C)CC1. The van der Waals surface area contributed by atoms with Crippen molar-refractivity contribution in [2.75, 3.05) is 46.9 Å². The molecule has 0 N–H and O–H groups in total. The first kappa shape index (κ1) is 38.3. The molecule has 1 saturated heterocycles. The first-order chi connectivity index (χ1) is 25.3. The lowest BCUT2D eigenvalue weighted by Crippen LogP contribution is -2.53. The number of likely N-dealkylation sites (N-methyl/N-ethyl adjacent to an activating group) is 1. The quantitative estimate of drug-likeness (QED) is 0.178. The van der Waals surface area contributed by atoms with E-state index < -0.39 is 0 Å². The van der Waals surface area contributed by atoms with Crippen LogP contribution in [0.5, 0.6) is 11.5 Å². The Kier molecular flexibility index (Phi) is 11.5. The van der Waals surface area contributed by atoms with Gasteiger partial charge in [0.15, 0.2) is 11.5 Å². The number of pyridine rings is 1. The molecule has 1 unspecified atom stereocenters. The van der Waals surface area contributed by atoms with Gasteiger partial charge < -0.3 is 23.8 Å². The average molecular weight is 720 g/mol. The second-order valence-electron chi connectivity index (χ2n) is 16.1. The van der Waals surface area contributed by atoms with Crippen molar-refractivity contribution in [3.63, 3.8) is 0 Å². The molecule has 2 aliphatic heterocycles. The minimum atomic E-state index is -0.378. The Morgan fingerprint density at radius 3 is 2.38 bits per heavy atom. The number of carbonyl (C=O) groups is 1. The van der Waals surface area contributed by atoms with E-state index in [4.69, 9.17) is 9.47 Å². The molecule has 1 atom stereocenters. The topological polar surface area (TPSA) is 91.0 Å². The molecule has 0 bridgehead atoms. The van der Waals surface area contributed by atoms with Gasteiger partial charge in [-0.25, -0.2) is 0 Å². The van der Waals surface area contributed by atoms with Gasteiger partial charge in [-0.2, -0.15) is 5.26 Å². The van der Waals surface area contributed by atoms with Gasteiger partial charge in [0, 0.05) is 62.6 Å². The third-order valence-electron chi connectivity index (χ3n) is 12.3. The van der Waals surface area contributed by atoms with Crippen LogP contribution >= 0.6 is 0 Å². The van der Waals surface area contributed by atoms with E-state index in [1.54, 1.807) is 18.7 Å². The van der Waals surface area contributed by atoms with Gasteiger partial charge >= 0.3 is 0 Å². The zero-order valence-corrected chi connectivity index (χ0v) is 33.0. The van der Waals surface area contributed by atoms with Gasteiger partial charge in [-0.15, -0.1) is 0 Å². The van der Waals surface area contributed by atoms with E-state index in [0.29, 0.717) is 18.2 Å². The maximum absolute atomic E-state index is 13.9. The van der Waals surface area contributed by atoms with Gasteiger partial charge in [-0.3, -0.25) is 14.5 Å². The maximum atomic E-state index is 13.9. The molecule has 9 nitrogen and oxygen atoms in total. The van der Waals surface area contributed by atoms with Crippen molar-refractivity contribution in [3.05, 3.63) is 92.4 Å². The summed E-state index contributed by atoms with van der Waals surface area (Å²) in [7, 11) is 5.59. The molecule has 9 heteroatoms. The van der Waals surface area contributed by atoms with Gasteiger partial charge in [0.25, 0.3) is 11.5 Å². The first-order valence-corrected chi connectivity index (χ1v) is 19.3. The van der Waals surface area contributed by atoms with Crippen molar-refractivity contribution < 1.29 is 14.3 Å². The molecule has 53 heavy (non-hydrogen) atoms. The molecule has 1 aromatic heterocycles. The smallest absolute Gasteiger partial charge is 0.264 e. The number of hydrogen-bond acceptors (Lipinski definition) is 7. The van der Waals surface area contributed by atoms with Gasteiger partial charge in [0.05, 0.1) is 19.3 Å². The molecular weight excluding hydrogens is 663 g/mol. The molecule has 0 radical (unpaired) electrons. The highest BCUT2D eigenvalue weighted by Crippen LogP contribution is 2.39. The fraction of sp³-hybridized carbons (Fsp3) is 0.523. The van der Waals surface area contributed by atoms with E-state index in [9.17, 15) is 14.9 Å². The van der Waals surface area contributed by atoms with Crippen LogP contribution < -0.4 is 15.0 Å². The summed E-state index contributed by atoms with van der Waals surface area (Å²) < 4.78 is 14.0. The monoisotopic (exact) mass is 719 g/mol. The number of rotatable bonds is 9. The predicted octanol–water partition coefficient (Wildman–Crippen LogP) is 6.78. The number of aromatic nitrogens is 1. The summed E-state index contributed by atoms with van der Waals surface area (Å²) in [5.74, 6) is 1.85. The van der Waals surface area contributed by atoms with Crippen molar-refractivity contribution in [1.29, 1.82) is 5.26 Å². The van der Waals surface area contributed by atoms with Crippen LogP contribution in [0.25, 0.3) is 11.1 Å². The largest absolute Gasteiger partial charge is 0.493 e. The summed E-state index contributed by atoms with van der Waals surface area (Å²) in [6.07, 6.45) is 9.87. The zero-order valence-electron chi connectivity index (χ0n) is 33.0. The molecule has 1 amide bonds. The molecule has 282 valence electrons. The van der Waals surface area contributed by atoms with Crippen LogP contribution in [-0.4, -0.2) is 83.7 Å². The number of nitrogens with zero attached hydrogens (tertiary/aromatic N) is 5. The highest BCUT2D eigenvalue weighted by Gasteiger charge is 2.34. The molecule has 1 saturated carbocycles. The average Bonchev–Trinajstić information content (AvgIpc) is 3.15. The lowest BCUT2D eigenvalue weighted by molar-refractivity contribution is -0.129. The number of piperazine rings is 1. The van der Waals surface area contributed by atoms with Crippen LogP contribution in [0.4, 0.5) is 0 Å². The molecule has 3 heterocycles. The number of ether oxygens (including phenoxy) is 2. The predicted molar refractivity (Wildman–Crippen MR) is 210 cm³/mol. The molecule has 1 aliphatic carbocycles. The second-order valence-corrected chi connectivity index (χ2v) is 16.1. The van der Waals surface area contributed by atoms with E-state index >= 15 is 0 Å². The number of methoxy groups -OCH3 is 1. The number of amides is 1.